The first kappa shape index (κ1) is 17.2. The number of carbonyl (C=O) groups is 1. The largest absolute Gasteiger partial charge is 0.378 e. The molecule has 3 heterocycles. The first-order valence-corrected chi connectivity index (χ1v) is 8.96. The number of benzene rings is 1. The number of nitrogens with one attached hydrogen (secondary N) is 1. The van der Waals surface area contributed by atoms with E-state index >= 15 is 0 Å². The van der Waals surface area contributed by atoms with Crippen LogP contribution in [0.15, 0.2) is 61.1 Å². The maximum atomic E-state index is 12.4. The van der Waals surface area contributed by atoms with Crippen molar-refractivity contribution in [1.82, 2.24) is 19.9 Å². The standard InChI is InChI=1S/C20H21N5O2/c26-20(16-3-5-17(6-4-16)24-9-1-2-10-24)22-15-18-21-8-7-19(23-18)25-11-13-27-14-12-25/h1-10H,11-15H2,(H,22,26). The number of hydrogen-bond acceptors (Lipinski definition) is 5. The van der Waals surface area contributed by atoms with E-state index in [1.54, 1.807) is 6.20 Å². The van der Waals surface area contributed by atoms with Crippen LogP contribution in [0.2, 0.25) is 0 Å². The Balaban J connectivity index is 1.37. The summed E-state index contributed by atoms with van der Waals surface area (Å²) in [6.45, 7) is 3.33. The van der Waals surface area contributed by atoms with Crippen LogP contribution in [0, 0.1) is 0 Å². The summed E-state index contributed by atoms with van der Waals surface area (Å²) in [5, 5.41) is 2.89. The highest BCUT2D eigenvalue weighted by atomic mass is 16.5. The predicted octanol–water partition coefficient (Wildman–Crippen LogP) is 2.03. The van der Waals surface area contributed by atoms with Crippen LogP contribution < -0.4 is 10.2 Å². The van der Waals surface area contributed by atoms with Crippen LogP contribution in [0.4, 0.5) is 5.82 Å². The van der Waals surface area contributed by atoms with E-state index in [9.17, 15) is 4.79 Å². The number of rotatable bonds is 5. The van der Waals surface area contributed by atoms with E-state index in [4.69, 9.17) is 4.74 Å². The normalized spacial score (nSPS) is 14.1. The van der Waals surface area contributed by atoms with Gasteiger partial charge >= 0.3 is 0 Å². The molecule has 138 valence electrons. The maximum Gasteiger partial charge on any atom is 0.251 e. The summed E-state index contributed by atoms with van der Waals surface area (Å²) >= 11 is 0. The lowest BCUT2D eigenvalue weighted by Gasteiger charge is -2.27. The molecule has 0 atom stereocenters. The van der Waals surface area contributed by atoms with Gasteiger partial charge in [-0.1, -0.05) is 0 Å². The molecular weight excluding hydrogens is 342 g/mol. The highest BCUT2D eigenvalue weighted by Crippen LogP contribution is 2.12. The molecule has 0 bridgehead atoms. The fraction of sp³-hybridized carbons (Fsp3) is 0.250. The molecule has 0 saturated carbocycles. The van der Waals surface area contributed by atoms with Crippen molar-refractivity contribution in [2.45, 2.75) is 6.54 Å². The Hall–Kier alpha value is -3.19. The molecular formula is C20H21N5O2. The van der Waals surface area contributed by atoms with Crippen molar-refractivity contribution in [3.8, 4) is 5.69 Å². The fourth-order valence-electron chi connectivity index (χ4n) is 3.00. The second kappa shape index (κ2) is 8.01. The second-order valence-corrected chi connectivity index (χ2v) is 6.25. The molecule has 27 heavy (non-hydrogen) atoms. The van der Waals surface area contributed by atoms with Crippen molar-refractivity contribution >= 4 is 11.7 Å². The van der Waals surface area contributed by atoms with Crippen molar-refractivity contribution in [1.29, 1.82) is 0 Å². The Kier molecular flexibility index (Phi) is 5.11. The molecule has 0 aliphatic carbocycles. The molecule has 1 fully saturated rings. The molecule has 1 N–H and O–H groups in total. The van der Waals surface area contributed by atoms with Gasteiger partial charge in [-0.3, -0.25) is 4.79 Å². The highest BCUT2D eigenvalue weighted by Gasteiger charge is 2.13. The molecule has 4 rings (SSSR count). The third kappa shape index (κ3) is 4.15. The first-order chi connectivity index (χ1) is 13.3. The number of anilines is 1. The third-order valence-corrected chi connectivity index (χ3v) is 4.46. The molecule has 0 spiro atoms. The van der Waals surface area contributed by atoms with Gasteiger partial charge in [-0.05, 0) is 42.5 Å². The molecule has 1 aliphatic rings. The van der Waals surface area contributed by atoms with Gasteiger partial charge in [0.05, 0.1) is 19.8 Å². The van der Waals surface area contributed by atoms with Gasteiger partial charge in [0, 0.05) is 42.9 Å². The molecule has 3 aromatic rings. The van der Waals surface area contributed by atoms with Crippen LogP contribution in [0.25, 0.3) is 5.69 Å². The summed E-state index contributed by atoms with van der Waals surface area (Å²) in [6, 6.07) is 13.3. The van der Waals surface area contributed by atoms with Gasteiger partial charge in [0.15, 0.2) is 0 Å². The topological polar surface area (TPSA) is 72.3 Å². The average molecular weight is 363 g/mol. The summed E-state index contributed by atoms with van der Waals surface area (Å²) in [4.78, 5) is 23.4. The van der Waals surface area contributed by atoms with Crippen LogP contribution >= 0.6 is 0 Å². The van der Waals surface area contributed by atoms with E-state index in [0.29, 0.717) is 24.6 Å². The lowest BCUT2D eigenvalue weighted by atomic mass is 10.2. The van der Waals surface area contributed by atoms with Gasteiger partial charge in [-0.25, -0.2) is 9.97 Å². The van der Waals surface area contributed by atoms with Gasteiger partial charge in [0.1, 0.15) is 11.6 Å². The summed E-state index contributed by atoms with van der Waals surface area (Å²) in [7, 11) is 0. The van der Waals surface area contributed by atoms with Crippen LogP contribution in [-0.2, 0) is 11.3 Å². The SMILES string of the molecule is O=C(NCc1nccc(N2CCOCC2)n1)c1ccc(-n2cccc2)cc1. The Morgan fingerprint density at radius 1 is 1.07 bits per heavy atom. The van der Waals surface area contributed by atoms with Crippen LogP contribution in [0.1, 0.15) is 16.2 Å². The lowest BCUT2D eigenvalue weighted by molar-refractivity contribution is 0.0950. The van der Waals surface area contributed by atoms with Crippen molar-refractivity contribution in [2.75, 3.05) is 31.2 Å². The molecule has 1 amide bonds. The second-order valence-electron chi connectivity index (χ2n) is 6.25. The molecule has 1 aliphatic heterocycles. The molecule has 1 aromatic carbocycles. The van der Waals surface area contributed by atoms with Crippen LogP contribution in [0.5, 0.6) is 0 Å². The predicted molar refractivity (Wildman–Crippen MR) is 102 cm³/mol. The minimum atomic E-state index is -0.144. The van der Waals surface area contributed by atoms with Crippen molar-refractivity contribution in [3.05, 3.63) is 72.4 Å². The molecule has 0 radical (unpaired) electrons. The minimum absolute atomic E-state index is 0.144. The quantitative estimate of drug-likeness (QED) is 0.751. The number of aromatic nitrogens is 3. The molecule has 7 nitrogen and oxygen atoms in total. The smallest absolute Gasteiger partial charge is 0.251 e. The van der Waals surface area contributed by atoms with Gasteiger partial charge in [-0.2, -0.15) is 0 Å². The van der Waals surface area contributed by atoms with E-state index in [1.165, 1.54) is 0 Å². The Morgan fingerprint density at radius 2 is 1.81 bits per heavy atom. The van der Waals surface area contributed by atoms with E-state index in [2.05, 4.69) is 20.2 Å². The van der Waals surface area contributed by atoms with Crippen LogP contribution in [0.3, 0.4) is 0 Å². The summed E-state index contributed by atoms with van der Waals surface area (Å²) in [6.07, 6.45) is 5.66. The summed E-state index contributed by atoms with van der Waals surface area (Å²) < 4.78 is 7.36. The number of morpholine rings is 1. The van der Waals surface area contributed by atoms with Gasteiger partial charge in [0.25, 0.3) is 5.91 Å². The lowest BCUT2D eigenvalue weighted by Crippen LogP contribution is -2.37. The van der Waals surface area contributed by atoms with Gasteiger partial charge < -0.3 is 19.5 Å². The number of hydrogen-bond donors (Lipinski definition) is 1. The Bertz CT molecular complexity index is 887. The number of amides is 1. The number of carbonyl (C=O) groups excluding carboxylic acids is 1. The maximum absolute atomic E-state index is 12.4. The zero-order valence-electron chi connectivity index (χ0n) is 14.9. The molecule has 7 heteroatoms. The Labute approximate surface area is 157 Å². The summed E-state index contributed by atoms with van der Waals surface area (Å²) in [5.74, 6) is 1.32. The van der Waals surface area contributed by atoms with Crippen molar-refractivity contribution in [2.24, 2.45) is 0 Å². The molecule has 2 aromatic heterocycles. The van der Waals surface area contributed by atoms with Crippen molar-refractivity contribution in [3.63, 3.8) is 0 Å². The fourth-order valence-corrected chi connectivity index (χ4v) is 3.00. The Morgan fingerprint density at radius 3 is 2.56 bits per heavy atom. The van der Waals surface area contributed by atoms with E-state index in [-0.39, 0.29) is 12.5 Å². The van der Waals surface area contributed by atoms with E-state index in [0.717, 1.165) is 24.6 Å². The third-order valence-electron chi connectivity index (χ3n) is 4.46. The zero-order valence-corrected chi connectivity index (χ0v) is 14.9. The van der Waals surface area contributed by atoms with E-state index in [1.807, 2.05) is 59.4 Å². The first-order valence-electron chi connectivity index (χ1n) is 8.96. The zero-order chi connectivity index (χ0) is 18.5. The number of ether oxygens (including phenoxy) is 1. The van der Waals surface area contributed by atoms with Crippen LogP contribution in [-0.4, -0.2) is 46.7 Å². The molecule has 1 saturated heterocycles. The van der Waals surface area contributed by atoms with Gasteiger partial charge in [0.2, 0.25) is 0 Å². The molecule has 0 unspecified atom stereocenters. The number of nitrogens with zero attached hydrogens (tertiary/aromatic N) is 4. The van der Waals surface area contributed by atoms with Crippen molar-refractivity contribution < 1.29 is 9.53 Å². The van der Waals surface area contributed by atoms with Gasteiger partial charge in [-0.15, -0.1) is 0 Å². The summed E-state index contributed by atoms with van der Waals surface area (Å²) in [5.41, 5.74) is 1.62. The minimum Gasteiger partial charge on any atom is -0.378 e. The van der Waals surface area contributed by atoms with E-state index < -0.39 is 0 Å². The highest BCUT2D eigenvalue weighted by molar-refractivity contribution is 5.94. The average Bonchev–Trinajstić information content (AvgIpc) is 3.28. The monoisotopic (exact) mass is 363 g/mol.